The quantitative estimate of drug-likeness (QED) is 0.504. The van der Waals surface area contributed by atoms with Crippen LogP contribution in [0.4, 0.5) is 0 Å². The van der Waals surface area contributed by atoms with E-state index in [1.54, 1.807) is 17.4 Å². The fourth-order valence-corrected chi connectivity index (χ4v) is 3.98. The standard InChI is InChI=1S/C17H8Cl2N4S/c18-12-1-2-15-10(4-12)7-16(24-15)9-3-11(6-13(19)5-9)17-14(8-20)21-23-22-17/h1-7H,(H,21,22,23). The Balaban J connectivity index is 1.87. The minimum atomic E-state index is 0.311. The number of hydrogen-bond acceptors (Lipinski definition) is 4. The Morgan fingerprint density at radius 2 is 1.83 bits per heavy atom. The average molecular weight is 371 g/mol. The van der Waals surface area contributed by atoms with Gasteiger partial charge in [0.1, 0.15) is 11.8 Å². The van der Waals surface area contributed by atoms with Crippen molar-refractivity contribution in [2.24, 2.45) is 0 Å². The summed E-state index contributed by atoms with van der Waals surface area (Å²) in [6.45, 7) is 0. The molecule has 0 fully saturated rings. The lowest BCUT2D eigenvalue weighted by Crippen LogP contribution is -1.84. The Morgan fingerprint density at radius 1 is 1.00 bits per heavy atom. The maximum absolute atomic E-state index is 9.14. The molecular weight excluding hydrogens is 363 g/mol. The Kier molecular flexibility index (Phi) is 3.73. The second-order valence-corrected chi connectivity index (χ2v) is 7.13. The zero-order valence-corrected chi connectivity index (χ0v) is 14.4. The van der Waals surface area contributed by atoms with Gasteiger partial charge in [-0.25, -0.2) is 5.10 Å². The molecule has 7 heteroatoms. The Labute approximate surface area is 151 Å². The molecule has 116 valence electrons. The van der Waals surface area contributed by atoms with Gasteiger partial charge >= 0.3 is 0 Å². The SMILES string of the molecule is N#Cc1[nH]nnc1-c1cc(Cl)cc(-c2cc3cc(Cl)ccc3s2)c1. The third kappa shape index (κ3) is 2.65. The van der Waals surface area contributed by atoms with E-state index in [9.17, 15) is 0 Å². The van der Waals surface area contributed by atoms with Gasteiger partial charge < -0.3 is 0 Å². The van der Waals surface area contributed by atoms with E-state index in [4.69, 9.17) is 28.5 Å². The van der Waals surface area contributed by atoms with Gasteiger partial charge in [0.25, 0.3) is 0 Å². The minimum absolute atomic E-state index is 0.311. The van der Waals surface area contributed by atoms with E-state index in [-0.39, 0.29) is 0 Å². The lowest BCUT2D eigenvalue weighted by atomic mass is 10.1. The van der Waals surface area contributed by atoms with Crippen LogP contribution in [0.3, 0.4) is 0 Å². The van der Waals surface area contributed by atoms with Crippen molar-refractivity contribution in [3.63, 3.8) is 0 Å². The first-order chi connectivity index (χ1) is 11.6. The number of rotatable bonds is 2. The fourth-order valence-electron chi connectivity index (χ4n) is 2.53. The number of nitriles is 1. The van der Waals surface area contributed by atoms with Gasteiger partial charge in [0.2, 0.25) is 0 Å². The van der Waals surface area contributed by atoms with Crippen LogP contribution in [0.5, 0.6) is 0 Å². The number of fused-ring (bicyclic) bond motifs is 1. The van der Waals surface area contributed by atoms with Gasteiger partial charge in [-0.05, 0) is 53.4 Å². The maximum Gasteiger partial charge on any atom is 0.163 e. The molecule has 0 aliphatic carbocycles. The number of nitrogens with zero attached hydrogens (tertiary/aromatic N) is 3. The minimum Gasteiger partial charge on any atom is -0.247 e. The number of thiophene rings is 1. The number of aromatic amines is 1. The molecule has 0 aliphatic heterocycles. The van der Waals surface area contributed by atoms with Crippen molar-refractivity contribution in [2.45, 2.75) is 0 Å². The highest BCUT2D eigenvalue weighted by molar-refractivity contribution is 7.22. The molecule has 4 aromatic rings. The van der Waals surface area contributed by atoms with Gasteiger partial charge in [0.05, 0.1) is 0 Å². The third-order valence-corrected chi connectivity index (χ3v) is 5.21. The topological polar surface area (TPSA) is 65.4 Å². The predicted molar refractivity (Wildman–Crippen MR) is 97.4 cm³/mol. The van der Waals surface area contributed by atoms with Crippen LogP contribution in [-0.4, -0.2) is 15.4 Å². The smallest absolute Gasteiger partial charge is 0.163 e. The van der Waals surface area contributed by atoms with Crippen molar-refractivity contribution >= 4 is 44.6 Å². The van der Waals surface area contributed by atoms with Crippen molar-refractivity contribution in [3.8, 4) is 27.8 Å². The number of H-pyrrole nitrogens is 1. The van der Waals surface area contributed by atoms with Gasteiger partial charge in [-0.3, -0.25) is 0 Å². The number of halogens is 2. The fraction of sp³-hybridized carbons (Fsp3) is 0. The summed E-state index contributed by atoms with van der Waals surface area (Å²) in [4.78, 5) is 1.07. The van der Waals surface area contributed by atoms with Crippen LogP contribution >= 0.6 is 34.5 Å². The Hall–Kier alpha value is -2.39. The van der Waals surface area contributed by atoms with Crippen molar-refractivity contribution in [3.05, 3.63) is 58.2 Å². The molecule has 2 aromatic heterocycles. The molecule has 2 heterocycles. The molecule has 0 bridgehead atoms. The number of benzene rings is 2. The van der Waals surface area contributed by atoms with E-state index in [0.717, 1.165) is 26.1 Å². The lowest BCUT2D eigenvalue weighted by molar-refractivity contribution is 0.937. The molecular formula is C17H8Cl2N4S. The van der Waals surface area contributed by atoms with Gasteiger partial charge in [0, 0.05) is 25.2 Å². The van der Waals surface area contributed by atoms with Crippen LogP contribution in [0.1, 0.15) is 5.69 Å². The molecule has 0 saturated carbocycles. The van der Waals surface area contributed by atoms with Crippen LogP contribution in [0.2, 0.25) is 10.0 Å². The normalized spacial score (nSPS) is 10.9. The van der Waals surface area contributed by atoms with Gasteiger partial charge in [-0.1, -0.05) is 28.4 Å². The lowest BCUT2D eigenvalue weighted by Gasteiger charge is -2.03. The van der Waals surface area contributed by atoms with Crippen LogP contribution in [0, 0.1) is 11.3 Å². The molecule has 0 aliphatic rings. The van der Waals surface area contributed by atoms with E-state index < -0.39 is 0 Å². The average Bonchev–Trinajstić information content (AvgIpc) is 3.20. The zero-order valence-electron chi connectivity index (χ0n) is 12.0. The first-order valence-corrected chi connectivity index (χ1v) is 8.53. The molecule has 0 radical (unpaired) electrons. The van der Waals surface area contributed by atoms with E-state index in [2.05, 4.69) is 21.5 Å². The summed E-state index contributed by atoms with van der Waals surface area (Å²) in [5, 5.41) is 21.8. The molecule has 0 unspecified atom stereocenters. The van der Waals surface area contributed by atoms with Crippen LogP contribution < -0.4 is 0 Å². The van der Waals surface area contributed by atoms with Gasteiger partial charge in [-0.2, -0.15) is 5.26 Å². The van der Waals surface area contributed by atoms with Gasteiger partial charge in [0.15, 0.2) is 5.69 Å². The summed E-state index contributed by atoms with van der Waals surface area (Å²) >= 11 is 14.0. The number of nitrogens with one attached hydrogen (secondary N) is 1. The molecule has 0 saturated heterocycles. The largest absolute Gasteiger partial charge is 0.247 e. The monoisotopic (exact) mass is 370 g/mol. The third-order valence-electron chi connectivity index (χ3n) is 3.59. The van der Waals surface area contributed by atoms with E-state index >= 15 is 0 Å². The summed E-state index contributed by atoms with van der Waals surface area (Å²) in [5.74, 6) is 0. The molecule has 4 nitrogen and oxygen atoms in total. The van der Waals surface area contributed by atoms with E-state index in [1.165, 1.54) is 0 Å². The molecule has 1 N–H and O–H groups in total. The molecule has 0 spiro atoms. The summed E-state index contributed by atoms with van der Waals surface area (Å²) in [5.41, 5.74) is 2.51. The summed E-state index contributed by atoms with van der Waals surface area (Å²) in [7, 11) is 0. The van der Waals surface area contributed by atoms with E-state index in [0.29, 0.717) is 21.4 Å². The van der Waals surface area contributed by atoms with Crippen molar-refractivity contribution in [1.82, 2.24) is 15.4 Å². The van der Waals surface area contributed by atoms with Crippen LogP contribution in [0.15, 0.2) is 42.5 Å². The highest BCUT2D eigenvalue weighted by atomic mass is 35.5. The molecule has 4 rings (SSSR count). The molecule has 2 aromatic carbocycles. The maximum atomic E-state index is 9.14. The number of hydrogen-bond donors (Lipinski definition) is 1. The number of aromatic nitrogens is 3. The zero-order chi connectivity index (χ0) is 16.7. The molecule has 24 heavy (non-hydrogen) atoms. The summed E-state index contributed by atoms with van der Waals surface area (Å²) < 4.78 is 1.15. The second kappa shape index (κ2) is 5.91. The van der Waals surface area contributed by atoms with Crippen LogP contribution in [-0.2, 0) is 0 Å². The Morgan fingerprint density at radius 3 is 2.67 bits per heavy atom. The van der Waals surface area contributed by atoms with Crippen LogP contribution in [0.25, 0.3) is 31.8 Å². The first-order valence-electron chi connectivity index (χ1n) is 6.95. The summed E-state index contributed by atoms with van der Waals surface area (Å²) in [6.07, 6.45) is 0. The van der Waals surface area contributed by atoms with Crippen molar-refractivity contribution in [1.29, 1.82) is 5.26 Å². The molecule has 0 atom stereocenters. The predicted octanol–water partition coefficient (Wildman–Crippen LogP) is 5.53. The summed E-state index contributed by atoms with van der Waals surface area (Å²) in [6, 6.07) is 15.6. The molecule has 0 amide bonds. The highest BCUT2D eigenvalue weighted by Gasteiger charge is 2.13. The van der Waals surface area contributed by atoms with E-state index in [1.807, 2.05) is 36.4 Å². The highest BCUT2D eigenvalue weighted by Crippen LogP contribution is 2.37. The van der Waals surface area contributed by atoms with Gasteiger partial charge in [-0.15, -0.1) is 16.4 Å². The first kappa shape index (κ1) is 15.2. The van der Waals surface area contributed by atoms with Crippen molar-refractivity contribution < 1.29 is 0 Å². The Bertz CT molecular complexity index is 1110. The second-order valence-electron chi connectivity index (χ2n) is 5.17. The van der Waals surface area contributed by atoms with Crippen molar-refractivity contribution in [2.75, 3.05) is 0 Å².